The van der Waals surface area contributed by atoms with Gasteiger partial charge in [-0.25, -0.2) is 0 Å². The summed E-state index contributed by atoms with van der Waals surface area (Å²) in [6.45, 7) is -0.492. The van der Waals surface area contributed by atoms with Crippen molar-refractivity contribution in [3.05, 3.63) is 59.4 Å². The number of aryl methyl sites for hydroxylation is 1. The summed E-state index contributed by atoms with van der Waals surface area (Å²) >= 11 is 0. The Morgan fingerprint density at radius 3 is 2.55 bits per heavy atom. The van der Waals surface area contributed by atoms with Gasteiger partial charge in [-0.15, -0.1) is 0 Å². The minimum Gasteiger partial charge on any atom is -0.435 e. The lowest BCUT2D eigenvalue weighted by molar-refractivity contribution is -0.0498. The lowest BCUT2D eigenvalue weighted by atomic mass is 10.2. The Morgan fingerprint density at radius 2 is 1.95 bits per heavy atom. The van der Waals surface area contributed by atoms with Crippen LogP contribution in [0.2, 0.25) is 0 Å². The van der Waals surface area contributed by atoms with Gasteiger partial charge in [-0.05, 0) is 49.2 Å². The topological polar surface area (TPSA) is 51.2 Å². The zero-order valence-electron chi connectivity index (χ0n) is 12.1. The van der Waals surface area contributed by atoms with Gasteiger partial charge in [0.25, 0.3) is 5.91 Å². The number of pyridine rings is 1. The summed E-state index contributed by atoms with van der Waals surface area (Å²) in [4.78, 5) is 16.1. The van der Waals surface area contributed by atoms with Gasteiger partial charge in [0.1, 0.15) is 5.75 Å². The molecular formula is C16H16F2N2O2. The van der Waals surface area contributed by atoms with Gasteiger partial charge < -0.3 is 10.1 Å². The van der Waals surface area contributed by atoms with E-state index in [9.17, 15) is 13.6 Å². The Hall–Kier alpha value is -2.50. The van der Waals surface area contributed by atoms with E-state index in [1.165, 1.54) is 24.3 Å². The maximum Gasteiger partial charge on any atom is 0.387 e. The van der Waals surface area contributed by atoms with Gasteiger partial charge in [0.15, 0.2) is 0 Å². The number of carbonyl (C=O) groups is 1. The molecule has 1 aromatic carbocycles. The standard InChI is InChI=1S/C16H16F2N2O2/c1-11-2-3-12(10-20-11)8-9-19-15(21)13-4-6-14(7-5-13)22-16(17)18/h2-7,10,16H,8-9H2,1H3,(H,19,21). The van der Waals surface area contributed by atoms with Gasteiger partial charge in [0, 0.05) is 24.0 Å². The minimum atomic E-state index is -2.87. The van der Waals surface area contributed by atoms with Crippen LogP contribution in [0, 0.1) is 6.92 Å². The molecule has 0 bridgehead atoms. The van der Waals surface area contributed by atoms with E-state index in [0.29, 0.717) is 18.5 Å². The summed E-state index contributed by atoms with van der Waals surface area (Å²) in [6.07, 6.45) is 2.45. The number of benzene rings is 1. The van der Waals surface area contributed by atoms with E-state index >= 15 is 0 Å². The Balaban J connectivity index is 1.83. The molecule has 0 spiro atoms. The molecule has 2 rings (SSSR count). The molecule has 1 amide bonds. The van der Waals surface area contributed by atoms with Crippen LogP contribution in [0.4, 0.5) is 8.78 Å². The molecule has 0 unspecified atom stereocenters. The van der Waals surface area contributed by atoms with Crippen LogP contribution in [0.15, 0.2) is 42.6 Å². The monoisotopic (exact) mass is 306 g/mol. The number of rotatable bonds is 6. The number of hydrogen-bond acceptors (Lipinski definition) is 3. The number of carbonyl (C=O) groups excluding carboxylic acids is 1. The van der Waals surface area contributed by atoms with Crippen LogP contribution in [0.1, 0.15) is 21.6 Å². The van der Waals surface area contributed by atoms with Crippen LogP contribution in [-0.4, -0.2) is 24.0 Å². The molecule has 0 atom stereocenters. The molecule has 22 heavy (non-hydrogen) atoms. The van der Waals surface area contributed by atoms with Crippen LogP contribution < -0.4 is 10.1 Å². The number of nitrogens with zero attached hydrogens (tertiary/aromatic N) is 1. The second kappa shape index (κ2) is 7.49. The van der Waals surface area contributed by atoms with Crippen molar-refractivity contribution in [1.82, 2.24) is 10.3 Å². The fourth-order valence-electron chi connectivity index (χ4n) is 1.86. The maximum atomic E-state index is 12.0. The van der Waals surface area contributed by atoms with E-state index in [1.807, 2.05) is 19.1 Å². The van der Waals surface area contributed by atoms with E-state index in [-0.39, 0.29) is 11.7 Å². The van der Waals surface area contributed by atoms with Crippen molar-refractivity contribution in [3.8, 4) is 5.75 Å². The van der Waals surface area contributed by atoms with E-state index in [2.05, 4.69) is 15.0 Å². The third-order valence-electron chi connectivity index (χ3n) is 3.01. The largest absolute Gasteiger partial charge is 0.435 e. The molecular weight excluding hydrogens is 290 g/mol. The quantitative estimate of drug-likeness (QED) is 0.892. The Bertz CT molecular complexity index is 613. The highest BCUT2D eigenvalue weighted by atomic mass is 19.3. The molecule has 0 saturated heterocycles. The summed E-state index contributed by atoms with van der Waals surface area (Å²) in [5.74, 6) is -0.235. The van der Waals surface area contributed by atoms with Gasteiger partial charge in [-0.1, -0.05) is 6.07 Å². The smallest absolute Gasteiger partial charge is 0.387 e. The predicted octanol–water partition coefficient (Wildman–Crippen LogP) is 2.96. The normalized spacial score (nSPS) is 10.5. The molecule has 0 aliphatic rings. The highest BCUT2D eigenvalue weighted by Gasteiger charge is 2.07. The zero-order chi connectivity index (χ0) is 15.9. The maximum absolute atomic E-state index is 12.0. The first-order chi connectivity index (χ1) is 10.5. The van der Waals surface area contributed by atoms with Crippen LogP contribution >= 0.6 is 0 Å². The minimum absolute atomic E-state index is 0.0253. The molecule has 0 radical (unpaired) electrons. The number of aromatic nitrogens is 1. The summed E-state index contributed by atoms with van der Waals surface area (Å²) < 4.78 is 28.3. The van der Waals surface area contributed by atoms with Gasteiger partial charge in [-0.2, -0.15) is 8.78 Å². The molecule has 6 heteroatoms. The lowest BCUT2D eigenvalue weighted by Gasteiger charge is -2.07. The van der Waals surface area contributed by atoms with Crippen molar-refractivity contribution in [1.29, 1.82) is 0 Å². The van der Waals surface area contributed by atoms with Gasteiger partial charge in [0.2, 0.25) is 0 Å². The number of alkyl halides is 2. The molecule has 1 heterocycles. The van der Waals surface area contributed by atoms with Crippen molar-refractivity contribution < 1.29 is 18.3 Å². The SMILES string of the molecule is Cc1ccc(CCNC(=O)c2ccc(OC(F)F)cc2)cn1. The first-order valence-corrected chi connectivity index (χ1v) is 6.79. The molecule has 4 nitrogen and oxygen atoms in total. The van der Waals surface area contributed by atoms with E-state index in [0.717, 1.165) is 11.3 Å². The summed E-state index contributed by atoms with van der Waals surface area (Å²) in [6, 6.07) is 9.45. The van der Waals surface area contributed by atoms with Gasteiger partial charge in [0.05, 0.1) is 0 Å². The molecule has 0 fully saturated rings. The van der Waals surface area contributed by atoms with Crippen LogP contribution in [0.3, 0.4) is 0 Å². The highest BCUT2D eigenvalue weighted by molar-refractivity contribution is 5.94. The van der Waals surface area contributed by atoms with E-state index in [1.54, 1.807) is 6.20 Å². The van der Waals surface area contributed by atoms with Crippen molar-refractivity contribution in [2.45, 2.75) is 20.0 Å². The van der Waals surface area contributed by atoms with E-state index < -0.39 is 6.61 Å². The third-order valence-corrected chi connectivity index (χ3v) is 3.01. The number of nitrogens with one attached hydrogen (secondary N) is 1. The fourth-order valence-corrected chi connectivity index (χ4v) is 1.86. The summed E-state index contributed by atoms with van der Waals surface area (Å²) in [5, 5.41) is 2.77. The Morgan fingerprint density at radius 1 is 1.23 bits per heavy atom. The van der Waals surface area contributed by atoms with Crippen molar-refractivity contribution in [2.24, 2.45) is 0 Å². The molecule has 1 aromatic heterocycles. The second-order valence-electron chi connectivity index (χ2n) is 4.72. The molecule has 2 aromatic rings. The molecule has 1 N–H and O–H groups in total. The average Bonchev–Trinajstić information content (AvgIpc) is 2.49. The Labute approximate surface area is 127 Å². The Kier molecular flexibility index (Phi) is 5.41. The summed E-state index contributed by atoms with van der Waals surface area (Å²) in [5.41, 5.74) is 2.37. The van der Waals surface area contributed by atoms with Crippen molar-refractivity contribution >= 4 is 5.91 Å². The van der Waals surface area contributed by atoms with Crippen molar-refractivity contribution in [2.75, 3.05) is 6.54 Å². The molecule has 0 saturated carbocycles. The zero-order valence-corrected chi connectivity index (χ0v) is 12.1. The van der Waals surface area contributed by atoms with E-state index in [4.69, 9.17) is 0 Å². The number of halogens is 2. The van der Waals surface area contributed by atoms with Crippen LogP contribution in [-0.2, 0) is 6.42 Å². The molecule has 0 aliphatic heterocycles. The average molecular weight is 306 g/mol. The van der Waals surface area contributed by atoms with Crippen molar-refractivity contribution in [3.63, 3.8) is 0 Å². The molecule has 0 aliphatic carbocycles. The number of ether oxygens (including phenoxy) is 1. The van der Waals surface area contributed by atoms with Crippen LogP contribution in [0.25, 0.3) is 0 Å². The molecule has 116 valence electrons. The third kappa shape index (κ3) is 4.80. The summed E-state index contributed by atoms with van der Waals surface area (Å²) in [7, 11) is 0. The highest BCUT2D eigenvalue weighted by Crippen LogP contribution is 2.14. The second-order valence-corrected chi connectivity index (χ2v) is 4.72. The van der Waals surface area contributed by atoms with Crippen LogP contribution in [0.5, 0.6) is 5.75 Å². The fraction of sp³-hybridized carbons (Fsp3) is 0.250. The predicted molar refractivity (Wildman–Crippen MR) is 78.1 cm³/mol. The van der Waals surface area contributed by atoms with Gasteiger partial charge in [-0.3, -0.25) is 9.78 Å². The first kappa shape index (κ1) is 15.9. The number of amides is 1. The van der Waals surface area contributed by atoms with Gasteiger partial charge >= 0.3 is 6.61 Å². The first-order valence-electron chi connectivity index (χ1n) is 6.79. The number of hydrogen-bond donors (Lipinski definition) is 1. The lowest BCUT2D eigenvalue weighted by Crippen LogP contribution is -2.25.